The number of piperazine rings is 1. The van der Waals surface area contributed by atoms with Crippen molar-refractivity contribution >= 4 is 23.2 Å². The van der Waals surface area contributed by atoms with Gasteiger partial charge in [-0.3, -0.25) is 23.8 Å². The molecule has 5 rings (SSSR count). The molecule has 9 heteroatoms. The molecule has 0 spiro atoms. The second-order valence-corrected chi connectivity index (χ2v) is 8.72. The summed E-state index contributed by atoms with van der Waals surface area (Å²) in [5.41, 5.74) is 1.70. The Hall–Kier alpha value is -3.98. The Morgan fingerprint density at radius 1 is 1.00 bits per heavy atom. The van der Waals surface area contributed by atoms with E-state index in [4.69, 9.17) is 4.98 Å². The van der Waals surface area contributed by atoms with Crippen LogP contribution in [0.4, 0.5) is 10.3 Å². The lowest BCUT2D eigenvalue weighted by Gasteiger charge is -2.35. The Bertz CT molecular complexity index is 1460. The highest BCUT2D eigenvalue weighted by atomic mass is 19.1. The number of nitrogens with zero attached hydrogens (tertiary/aromatic N) is 5. The quantitative estimate of drug-likeness (QED) is 0.465. The third kappa shape index (κ3) is 4.81. The van der Waals surface area contributed by atoms with Gasteiger partial charge in [0.1, 0.15) is 5.82 Å². The van der Waals surface area contributed by atoms with Crippen molar-refractivity contribution in [1.82, 2.24) is 24.0 Å². The molecule has 0 unspecified atom stereocenters. The van der Waals surface area contributed by atoms with Gasteiger partial charge in [0, 0.05) is 39.8 Å². The molecular weight excluding hydrogens is 447 g/mol. The van der Waals surface area contributed by atoms with Crippen molar-refractivity contribution in [3.05, 3.63) is 98.5 Å². The van der Waals surface area contributed by atoms with E-state index < -0.39 is 11.2 Å². The molecule has 180 valence electrons. The molecule has 2 aromatic carbocycles. The number of H-pyrrole nitrogens is 1. The fourth-order valence-corrected chi connectivity index (χ4v) is 4.42. The number of rotatable bonds is 6. The monoisotopic (exact) mass is 474 g/mol. The molecule has 35 heavy (non-hydrogen) atoms. The van der Waals surface area contributed by atoms with Crippen molar-refractivity contribution in [1.29, 1.82) is 0 Å². The number of benzene rings is 2. The normalized spacial score (nSPS) is 14.9. The van der Waals surface area contributed by atoms with E-state index in [1.54, 1.807) is 19.2 Å². The van der Waals surface area contributed by atoms with E-state index in [9.17, 15) is 14.0 Å². The minimum atomic E-state index is -0.504. The minimum absolute atomic E-state index is 0.317. The number of imidazole rings is 1. The number of fused-ring (bicyclic) bond motifs is 1. The Labute approximate surface area is 201 Å². The van der Waals surface area contributed by atoms with Gasteiger partial charge < -0.3 is 4.90 Å². The first-order valence-electron chi connectivity index (χ1n) is 11.6. The van der Waals surface area contributed by atoms with Gasteiger partial charge in [0.2, 0.25) is 5.95 Å². The van der Waals surface area contributed by atoms with Gasteiger partial charge in [-0.15, -0.1) is 0 Å². The van der Waals surface area contributed by atoms with E-state index in [0.29, 0.717) is 23.7 Å². The number of aromatic nitrogens is 4. The summed E-state index contributed by atoms with van der Waals surface area (Å²) in [6.07, 6.45) is 4.30. The summed E-state index contributed by atoms with van der Waals surface area (Å²) in [7, 11) is 1.59. The van der Waals surface area contributed by atoms with Gasteiger partial charge in [-0.05, 0) is 23.3 Å². The summed E-state index contributed by atoms with van der Waals surface area (Å²) >= 11 is 0. The van der Waals surface area contributed by atoms with Gasteiger partial charge in [0.25, 0.3) is 5.56 Å². The smallest absolute Gasteiger partial charge is 0.329 e. The third-order valence-electron chi connectivity index (χ3n) is 6.37. The van der Waals surface area contributed by atoms with Crippen LogP contribution in [0.2, 0.25) is 0 Å². The van der Waals surface area contributed by atoms with Crippen LogP contribution in [0.25, 0.3) is 17.2 Å². The fraction of sp³-hybridized carbons (Fsp3) is 0.269. The van der Waals surface area contributed by atoms with Crippen molar-refractivity contribution in [2.24, 2.45) is 7.05 Å². The second kappa shape index (κ2) is 9.71. The van der Waals surface area contributed by atoms with Crippen LogP contribution in [0.15, 0.2) is 70.3 Å². The zero-order chi connectivity index (χ0) is 24.4. The molecule has 1 fully saturated rings. The largest absolute Gasteiger partial charge is 0.340 e. The molecule has 0 atom stereocenters. The summed E-state index contributed by atoms with van der Waals surface area (Å²) in [6, 6.07) is 16.4. The van der Waals surface area contributed by atoms with Crippen molar-refractivity contribution < 1.29 is 4.39 Å². The molecule has 0 amide bonds. The fourth-order valence-electron chi connectivity index (χ4n) is 4.42. The van der Waals surface area contributed by atoms with Crippen LogP contribution >= 0.6 is 0 Å². The van der Waals surface area contributed by atoms with Gasteiger partial charge in [-0.25, -0.2) is 9.18 Å². The van der Waals surface area contributed by atoms with E-state index in [1.165, 1.54) is 22.3 Å². The van der Waals surface area contributed by atoms with Crippen molar-refractivity contribution in [3.8, 4) is 0 Å². The minimum Gasteiger partial charge on any atom is -0.340 e. The van der Waals surface area contributed by atoms with Crippen LogP contribution in [0, 0.1) is 5.82 Å². The van der Waals surface area contributed by atoms with Crippen LogP contribution < -0.4 is 16.1 Å². The van der Waals surface area contributed by atoms with Crippen LogP contribution in [-0.4, -0.2) is 56.7 Å². The standard InChI is InChI=1S/C26H27FN6O2/c1-30-23-22(24(34)29-26(30)35)33(18-20-9-11-21(27)12-10-20)25(28-23)32-16-14-31(15-17-32)13-5-8-19-6-3-2-4-7-19/h2-12H,13-18H2,1H3,(H,29,34,35). The average Bonchev–Trinajstić information content (AvgIpc) is 3.25. The summed E-state index contributed by atoms with van der Waals surface area (Å²) in [5.74, 6) is 0.317. The highest BCUT2D eigenvalue weighted by Crippen LogP contribution is 2.22. The highest BCUT2D eigenvalue weighted by molar-refractivity contribution is 5.74. The molecule has 1 saturated heterocycles. The molecule has 1 N–H and O–H groups in total. The van der Waals surface area contributed by atoms with Gasteiger partial charge in [-0.2, -0.15) is 4.98 Å². The molecule has 1 aliphatic rings. The molecule has 8 nitrogen and oxygen atoms in total. The molecule has 3 heterocycles. The first-order chi connectivity index (χ1) is 17.0. The lowest BCUT2D eigenvalue weighted by molar-refractivity contribution is 0.282. The van der Waals surface area contributed by atoms with Crippen molar-refractivity contribution in [2.45, 2.75) is 6.54 Å². The third-order valence-corrected chi connectivity index (χ3v) is 6.37. The highest BCUT2D eigenvalue weighted by Gasteiger charge is 2.24. The lowest BCUT2D eigenvalue weighted by Crippen LogP contribution is -2.47. The predicted molar refractivity (Wildman–Crippen MR) is 135 cm³/mol. The van der Waals surface area contributed by atoms with E-state index in [0.717, 1.165) is 38.3 Å². The van der Waals surface area contributed by atoms with Gasteiger partial charge in [0.15, 0.2) is 11.2 Å². The van der Waals surface area contributed by atoms with Crippen molar-refractivity contribution in [3.63, 3.8) is 0 Å². The van der Waals surface area contributed by atoms with E-state index in [-0.39, 0.29) is 5.82 Å². The van der Waals surface area contributed by atoms with Crippen LogP contribution in [0.1, 0.15) is 11.1 Å². The molecule has 4 aromatic rings. The zero-order valence-corrected chi connectivity index (χ0v) is 19.5. The number of hydrogen-bond acceptors (Lipinski definition) is 5. The summed E-state index contributed by atoms with van der Waals surface area (Å²) in [4.78, 5) is 36.6. The molecule has 0 aliphatic carbocycles. The molecule has 2 aromatic heterocycles. The number of hydrogen-bond donors (Lipinski definition) is 1. The summed E-state index contributed by atoms with van der Waals surface area (Å²) in [5, 5.41) is 0. The van der Waals surface area contributed by atoms with Gasteiger partial charge in [0.05, 0.1) is 6.54 Å². The van der Waals surface area contributed by atoms with Crippen molar-refractivity contribution in [2.75, 3.05) is 37.6 Å². The maximum atomic E-state index is 13.4. The van der Waals surface area contributed by atoms with E-state index >= 15 is 0 Å². The van der Waals surface area contributed by atoms with E-state index in [1.807, 2.05) is 22.8 Å². The Morgan fingerprint density at radius 2 is 1.71 bits per heavy atom. The molecule has 1 aliphatic heterocycles. The first kappa shape index (κ1) is 22.8. The zero-order valence-electron chi connectivity index (χ0n) is 19.5. The van der Waals surface area contributed by atoms with Crippen LogP contribution in [-0.2, 0) is 13.6 Å². The lowest BCUT2D eigenvalue weighted by atomic mass is 10.2. The average molecular weight is 475 g/mol. The number of aromatic amines is 1. The van der Waals surface area contributed by atoms with E-state index in [2.05, 4.69) is 39.1 Å². The number of anilines is 1. The molecule has 0 bridgehead atoms. The Kier molecular flexibility index (Phi) is 6.33. The molecule has 0 saturated carbocycles. The summed E-state index contributed by atoms with van der Waals surface area (Å²) in [6.45, 7) is 4.34. The number of nitrogens with one attached hydrogen (secondary N) is 1. The topological polar surface area (TPSA) is 79.2 Å². The van der Waals surface area contributed by atoms with Gasteiger partial charge >= 0.3 is 5.69 Å². The SMILES string of the molecule is Cn1c(=O)[nH]c(=O)c2c1nc(N1CCN(CC=Cc3ccccc3)CC1)n2Cc1ccc(F)cc1. The second-order valence-electron chi connectivity index (χ2n) is 8.72. The number of aryl methyl sites for hydroxylation is 1. The van der Waals surface area contributed by atoms with Crippen LogP contribution in [0.3, 0.4) is 0 Å². The maximum absolute atomic E-state index is 13.4. The van der Waals surface area contributed by atoms with Crippen LogP contribution in [0.5, 0.6) is 0 Å². The number of halogens is 1. The Morgan fingerprint density at radius 3 is 2.43 bits per heavy atom. The first-order valence-corrected chi connectivity index (χ1v) is 11.6. The predicted octanol–water partition coefficient (Wildman–Crippen LogP) is 2.45. The maximum Gasteiger partial charge on any atom is 0.329 e. The molecule has 0 radical (unpaired) electrons. The Balaban J connectivity index is 1.39. The molecular formula is C26H27FN6O2. The van der Waals surface area contributed by atoms with Gasteiger partial charge in [-0.1, -0.05) is 54.6 Å². The summed E-state index contributed by atoms with van der Waals surface area (Å²) < 4.78 is 16.6.